The zero-order chi connectivity index (χ0) is 10.7. The first-order valence-corrected chi connectivity index (χ1v) is 4.61. The Hall–Kier alpha value is -0.240. The second kappa shape index (κ2) is 5.01. The van der Waals surface area contributed by atoms with E-state index in [9.17, 15) is 15.3 Å². The third kappa shape index (κ3) is 2.22. The van der Waals surface area contributed by atoms with Crippen LogP contribution in [0.15, 0.2) is 0 Å². The zero-order valence-corrected chi connectivity index (χ0v) is 7.82. The molecule has 0 bridgehead atoms. The molecule has 1 aliphatic heterocycles. The number of nitrogens with zero attached hydrogens (tertiary/aromatic N) is 1. The second-order valence-electron chi connectivity index (χ2n) is 3.52. The molecular weight excluding hydrogens is 190 g/mol. The van der Waals surface area contributed by atoms with Crippen LogP contribution >= 0.6 is 0 Å². The van der Waals surface area contributed by atoms with E-state index in [4.69, 9.17) is 10.2 Å². The third-order valence-electron chi connectivity index (χ3n) is 2.60. The fraction of sp³-hybridized carbons (Fsp3) is 1.00. The van der Waals surface area contributed by atoms with Gasteiger partial charge in [0, 0.05) is 13.1 Å². The minimum Gasteiger partial charge on any atom is -0.395 e. The van der Waals surface area contributed by atoms with E-state index in [0.717, 1.165) is 0 Å². The van der Waals surface area contributed by atoms with Crippen LogP contribution < -0.4 is 0 Å². The Morgan fingerprint density at radius 1 is 1.07 bits per heavy atom. The standard InChI is InChI=1S/C8H17NO5/c10-2-1-9-3-6(12)8(14)7(13)5(9)4-11/h5-8,10-14H,1-4H2/t5?,6-,7+,8-/m0/s1. The van der Waals surface area contributed by atoms with E-state index >= 15 is 0 Å². The van der Waals surface area contributed by atoms with Crippen LogP contribution in [0.4, 0.5) is 0 Å². The van der Waals surface area contributed by atoms with E-state index in [-0.39, 0.29) is 26.3 Å². The Morgan fingerprint density at radius 3 is 2.21 bits per heavy atom. The van der Waals surface area contributed by atoms with Crippen molar-refractivity contribution in [2.75, 3.05) is 26.3 Å². The lowest BCUT2D eigenvalue weighted by Gasteiger charge is -2.42. The minimum absolute atomic E-state index is 0.119. The minimum atomic E-state index is -1.23. The molecule has 0 aromatic carbocycles. The number of likely N-dealkylation sites (tertiary alicyclic amines) is 1. The lowest BCUT2D eigenvalue weighted by atomic mass is 9.94. The number of piperidine rings is 1. The molecular formula is C8H17NO5. The van der Waals surface area contributed by atoms with Gasteiger partial charge in [-0.25, -0.2) is 0 Å². The van der Waals surface area contributed by atoms with Crippen molar-refractivity contribution in [3.63, 3.8) is 0 Å². The predicted octanol–water partition coefficient (Wildman–Crippen LogP) is -3.26. The van der Waals surface area contributed by atoms with E-state index in [1.54, 1.807) is 4.90 Å². The number of aliphatic hydroxyl groups is 5. The first-order chi connectivity index (χ1) is 6.61. The highest BCUT2D eigenvalue weighted by Crippen LogP contribution is 2.18. The highest BCUT2D eigenvalue weighted by Gasteiger charge is 2.40. The van der Waals surface area contributed by atoms with Crippen LogP contribution in [0.3, 0.4) is 0 Å². The van der Waals surface area contributed by atoms with Crippen LogP contribution in [0.1, 0.15) is 0 Å². The summed E-state index contributed by atoms with van der Waals surface area (Å²) in [5.74, 6) is 0. The van der Waals surface area contributed by atoms with Crippen molar-refractivity contribution >= 4 is 0 Å². The summed E-state index contributed by atoms with van der Waals surface area (Å²) in [5, 5.41) is 45.9. The number of hydrogen-bond donors (Lipinski definition) is 5. The van der Waals surface area contributed by atoms with Crippen LogP contribution in [-0.4, -0.2) is 81.1 Å². The maximum Gasteiger partial charge on any atom is 0.109 e. The van der Waals surface area contributed by atoms with E-state index in [0.29, 0.717) is 0 Å². The van der Waals surface area contributed by atoms with E-state index in [1.807, 2.05) is 0 Å². The molecule has 1 unspecified atom stereocenters. The van der Waals surface area contributed by atoms with Gasteiger partial charge in [-0.15, -0.1) is 0 Å². The van der Waals surface area contributed by atoms with Gasteiger partial charge in [-0.3, -0.25) is 4.90 Å². The van der Waals surface area contributed by atoms with E-state index < -0.39 is 24.4 Å². The third-order valence-corrected chi connectivity index (χ3v) is 2.60. The van der Waals surface area contributed by atoms with Crippen LogP contribution in [0.5, 0.6) is 0 Å². The van der Waals surface area contributed by atoms with Crippen molar-refractivity contribution < 1.29 is 25.5 Å². The number of hydrogen-bond acceptors (Lipinski definition) is 6. The maximum absolute atomic E-state index is 9.51. The van der Waals surface area contributed by atoms with Crippen LogP contribution in [0, 0.1) is 0 Å². The predicted molar refractivity (Wildman–Crippen MR) is 47.6 cm³/mol. The van der Waals surface area contributed by atoms with E-state index in [1.165, 1.54) is 0 Å². The van der Waals surface area contributed by atoms with Gasteiger partial charge in [0.15, 0.2) is 0 Å². The number of rotatable bonds is 3. The molecule has 84 valence electrons. The Kier molecular flexibility index (Phi) is 4.24. The molecule has 0 aliphatic carbocycles. The number of β-amino-alcohol motifs (C(OH)–C–C–N with tert-alkyl or cyclic N) is 2. The molecule has 6 nitrogen and oxygen atoms in total. The average molecular weight is 207 g/mol. The molecule has 5 N–H and O–H groups in total. The first-order valence-electron chi connectivity index (χ1n) is 4.61. The van der Waals surface area contributed by atoms with Gasteiger partial charge in [0.25, 0.3) is 0 Å². The SMILES string of the molecule is OCCN1C[C@H](O)[C@H](O)[C@H](O)C1CO. The molecule has 0 aromatic heterocycles. The van der Waals surface area contributed by atoms with Gasteiger partial charge < -0.3 is 25.5 Å². The maximum atomic E-state index is 9.51. The Labute approximate surface area is 82.0 Å². The Morgan fingerprint density at radius 2 is 1.71 bits per heavy atom. The number of aliphatic hydroxyl groups excluding tert-OH is 5. The van der Waals surface area contributed by atoms with Gasteiger partial charge >= 0.3 is 0 Å². The highest BCUT2D eigenvalue weighted by molar-refractivity contribution is 4.93. The van der Waals surface area contributed by atoms with Gasteiger partial charge in [0.2, 0.25) is 0 Å². The summed E-state index contributed by atoms with van der Waals surface area (Å²) in [6.45, 7) is -0.0347. The smallest absolute Gasteiger partial charge is 0.109 e. The van der Waals surface area contributed by atoms with Crippen molar-refractivity contribution in [1.29, 1.82) is 0 Å². The molecule has 1 aliphatic rings. The van der Waals surface area contributed by atoms with Crippen LogP contribution in [0.25, 0.3) is 0 Å². The van der Waals surface area contributed by atoms with Crippen molar-refractivity contribution in [3.8, 4) is 0 Å². The summed E-state index contributed by atoms with van der Waals surface area (Å²) >= 11 is 0. The van der Waals surface area contributed by atoms with Crippen molar-refractivity contribution in [3.05, 3.63) is 0 Å². The molecule has 14 heavy (non-hydrogen) atoms. The molecule has 0 radical (unpaired) electrons. The van der Waals surface area contributed by atoms with Gasteiger partial charge in [-0.2, -0.15) is 0 Å². The molecule has 1 saturated heterocycles. The summed E-state index contributed by atoms with van der Waals surface area (Å²) < 4.78 is 0. The molecule has 1 fully saturated rings. The molecule has 1 heterocycles. The normalized spacial score (nSPS) is 40.1. The Bertz CT molecular complexity index is 179. The fourth-order valence-corrected chi connectivity index (χ4v) is 1.76. The zero-order valence-electron chi connectivity index (χ0n) is 7.82. The molecule has 0 saturated carbocycles. The molecule has 4 atom stereocenters. The average Bonchev–Trinajstić information content (AvgIpc) is 2.16. The van der Waals surface area contributed by atoms with Crippen LogP contribution in [0.2, 0.25) is 0 Å². The van der Waals surface area contributed by atoms with Crippen molar-refractivity contribution in [2.24, 2.45) is 0 Å². The molecule has 0 spiro atoms. The molecule has 0 aromatic rings. The summed E-state index contributed by atoms with van der Waals surface area (Å²) in [5.41, 5.74) is 0. The second-order valence-corrected chi connectivity index (χ2v) is 3.52. The molecule has 1 rings (SSSR count). The van der Waals surface area contributed by atoms with Gasteiger partial charge in [0.1, 0.15) is 12.2 Å². The Balaban J connectivity index is 2.66. The largest absolute Gasteiger partial charge is 0.395 e. The van der Waals surface area contributed by atoms with Gasteiger partial charge in [-0.05, 0) is 0 Å². The van der Waals surface area contributed by atoms with Crippen LogP contribution in [-0.2, 0) is 0 Å². The van der Waals surface area contributed by atoms with Crippen molar-refractivity contribution in [1.82, 2.24) is 4.90 Å². The summed E-state index contributed by atoms with van der Waals surface area (Å²) in [6.07, 6.45) is -3.46. The summed E-state index contributed by atoms with van der Waals surface area (Å²) in [4.78, 5) is 1.56. The highest BCUT2D eigenvalue weighted by atomic mass is 16.4. The van der Waals surface area contributed by atoms with Crippen molar-refractivity contribution in [2.45, 2.75) is 24.4 Å². The molecule has 0 amide bonds. The quantitative estimate of drug-likeness (QED) is 0.333. The fourth-order valence-electron chi connectivity index (χ4n) is 1.76. The van der Waals surface area contributed by atoms with E-state index in [2.05, 4.69) is 0 Å². The van der Waals surface area contributed by atoms with Gasteiger partial charge in [0.05, 0.1) is 25.4 Å². The summed E-state index contributed by atoms with van der Waals surface area (Å²) in [7, 11) is 0. The molecule has 6 heteroatoms. The monoisotopic (exact) mass is 207 g/mol. The summed E-state index contributed by atoms with van der Waals surface area (Å²) in [6, 6.07) is -0.624. The van der Waals surface area contributed by atoms with Gasteiger partial charge in [-0.1, -0.05) is 0 Å². The first kappa shape index (κ1) is 11.8. The topological polar surface area (TPSA) is 104 Å². The lowest BCUT2D eigenvalue weighted by molar-refractivity contribution is -0.146. The lowest BCUT2D eigenvalue weighted by Crippen LogP contribution is -2.62.